The van der Waals surface area contributed by atoms with E-state index in [9.17, 15) is 0 Å². The minimum absolute atomic E-state index is 0. The van der Waals surface area contributed by atoms with Gasteiger partial charge in [0.15, 0.2) is 5.82 Å². The molecule has 4 rings (SSSR count). The summed E-state index contributed by atoms with van der Waals surface area (Å²) in [6, 6.07) is 5.89. The molecule has 3 aromatic heterocycles. The molecule has 0 bridgehead atoms. The molecule has 0 fully saturated rings. The fraction of sp³-hybridized carbons (Fsp3) is 0.353. The third-order valence-electron chi connectivity index (χ3n) is 4.04. The summed E-state index contributed by atoms with van der Waals surface area (Å²) in [7, 11) is 0. The van der Waals surface area contributed by atoms with E-state index < -0.39 is 0 Å². The highest BCUT2D eigenvalue weighted by Crippen LogP contribution is 2.20. The van der Waals surface area contributed by atoms with Gasteiger partial charge in [0, 0.05) is 31.7 Å². The van der Waals surface area contributed by atoms with Crippen LogP contribution in [0.25, 0.3) is 11.5 Å². The van der Waals surface area contributed by atoms with Crippen molar-refractivity contribution in [3.63, 3.8) is 0 Å². The average molecular weight is 397 g/mol. The maximum absolute atomic E-state index is 5.91. The quantitative estimate of drug-likeness (QED) is 0.717. The molecule has 0 amide bonds. The second-order valence-corrected chi connectivity index (χ2v) is 5.94. The Hall–Kier alpha value is -2.09. The zero-order valence-corrected chi connectivity index (χ0v) is 16.0. The van der Waals surface area contributed by atoms with E-state index in [1.54, 1.807) is 12.4 Å². The van der Waals surface area contributed by atoms with Crippen molar-refractivity contribution in [1.29, 1.82) is 0 Å². The number of hydrogen-bond donors (Lipinski definition) is 1. The molecule has 0 aliphatic carbocycles. The predicted octanol–water partition coefficient (Wildman–Crippen LogP) is 2.56. The fourth-order valence-electron chi connectivity index (χ4n) is 2.96. The van der Waals surface area contributed by atoms with Gasteiger partial charge in [-0.25, -0.2) is 4.98 Å². The Morgan fingerprint density at radius 1 is 1.31 bits per heavy atom. The van der Waals surface area contributed by atoms with Crippen molar-refractivity contribution >= 4 is 24.8 Å². The van der Waals surface area contributed by atoms with E-state index >= 15 is 0 Å². The molecule has 3 aromatic rings. The van der Waals surface area contributed by atoms with E-state index in [-0.39, 0.29) is 30.9 Å². The van der Waals surface area contributed by atoms with Crippen LogP contribution in [0.2, 0.25) is 0 Å². The van der Waals surface area contributed by atoms with E-state index in [0.29, 0.717) is 6.54 Å². The lowest BCUT2D eigenvalue weighted by molar-refractivity contribution is 0.199. The van der Waals surface area contributed by atoms with Gasteiger partial charge in [0.1, 0.15) is 17.5 Å². The number of hydrogen-bond acceptors (Lipinski definition) is 5. The van der Waals surface area contributed by atoms with Crippen LogP contribution in [-0.4, -0.2) is 37.0 Å². The molecule has 0 aromatic carbocycles. The Morgan fingerprint density at radius 2 is 2.19 bits per heavy atom. The van der Waals surface area contributed by atoms with E-state index in [1.807, 2.05) is 31.5 Å². The third-order valence-corrected chi connectivity index (χ3v) is 4.04. The molecule has 26 heavy (non-hydrogen) atoms. The lowest BCUT2D eigenvalue weighted by atomic mass is 10.3. The lowest BCUT2D eigenvalue weighted by Gasteiger charge is -2.16. The van der Waals surface area contributed by atoms with Gasteiger partial charge in [-0.1, -0.05) is 0 Å². The zero-order valence-electron chi connectivity index (χ0n) is 14.4. The normalized spacial score (nSPS) is 13.9. The molecule has 7 nitrogen and oxygen atoms in total. The topological polar surface area (TPSA) is 69.8 Å². The Bertz CT molecular complexity index is 796. The first-order valence-electron chi connectivity index (χ1n) is 8.15. The Morgan fingerprint density at radius 3 is 2.96 bits per heavy atom. The first-order valence-corrected chi connectivity index (χ1v) is 8.15. The van der Waals surface area contributed by atoms with Gasteiger partial charge in [0.25, 0.3) is 0 Å². The van der Waals surface area contributed by atoms with Gasteiger partial charge in [-0.3, -0.25) is 9.67 Å². The van der Waals surface area contributed by atoms with E-state index in [4.69, 9.17) is 4.74 Å². The molecule has 0 saturated heterocycles. The van der Waals surface area contributed by atoms with Gasteiger partial charge < -0.3 is 14.6 Å². The third kappa shape index (κ3) is 4.35. The van der Waals surface area contributed by atoms with Gasteiger partial charge in [0.05, 0.1) is 25.0 Å². The largest absolute Gasteiger partial charge is 0.487 e. The highest BCUT2D eigenvalue weighted by atomic mass is 35.5. The second-order valence-electron chi connectivity index (χ2n) is 5.94. The van der Waals surface area contributed by atoms with Gasteiger partial charge in [0.2, 0.25) is 0 Å². The van der Waals surface area contributed by atoms with Crippen LogP contribution < -0.4 is 10.1 Å². The molecule has 0 spiro atoms. The summed E-state index contributed by atoms with van der Waals surface area (Å²) in [5, 5.41) is 8.05. The summed E-state index contributed by atoms with van der Waals surface area (Å²) in [6.45, 7) is 5.45. The molecule has 1 aliphatic rings. The van der Waals surface area contributed by atoms with Crippen molar-refractivity contribution in [3.8, 4) is 17.3 Å². The van der Waals surface area contributed by atoms with Crippen LogP contribution in [0, 0.1) is 0 Å². The van der Waals surface area contributed by atoms with Crippen molar-refractivity contribution in [2.24, 2.45) is 0 Å². The molecule has 1 N–H and O–H groups in total. The smallest absolute Gasteiger partial charge is 0.160 e. The SMILES string of the molecule is CC(Cn1ccnc1-c1cc2n(n1)CCNC2)Oc1cccnc1.Cl.Cl. The average Bonchev–Trinajstić information content (AvgIpc) is 3.21. The Balaban J connectivity index is 0.00000121. The molecule has 0 saturated carbocycles. The monoisotopic (exact) mass is 396 g/mol. The molecule has 1 aliphatic heterocycles. The summed E-state index contributed by atoms with van der Waals surface area (Å²) in [5.74, 6) is 1.65. The first-order chi connectivity index (χ1) is 11.8. The molecule has 9 heteroatoms. The summed E-state index contributed by atoms with van der Waals surface area (Å²) < 4.78 is 10.1. The number of nitrogens with one attached hydrogen (secondary N) is 1. The standard InChI is InChI=1S/C17H20N6O.2ClH/c1-13(24-15-3-2-4-18-11-15)12-22-7-6-20-17(22)16-9-14-10-19-5-8-23(14)21-16;;/h2-4,6-7,9,11,13,19H,5,8,10,12H2,1H3;2*1H. The van der Waals surface area contributed by atoms with Crippen LogP contribution in [0.3, 0.4) is 0 Å². The van der Waals surface area contributed by atoms with Gasteiger partial charge >= 0.3 is 0 Å². The number of nitrogens with zero attached hydrogens (tertiary/aromatic N) is 5. The Labute approximate surface area is 164 Å². The highest BCUT2D eigenvalue weighted by molar-refractivity contribution is 5.85. The number of rotatable bonds is 5. The minimum Gasteiger partial charge on any atom is -0.487 e. The first kappa shape index (κ1) is 20.2. The predicted molar refractivity (Wildman–Crippen MR) is 104 cm³/mol. The number of pyridine rings is 1. The summed E-state index contributed by atoms with van der Waals surface area (Å²) in [5.41, 5.74) is 2.11. The molecular formula is C17H22Cl2N6O. The molecule has 0 radical (unpaired) electrons. The van der Waals surface area contributed by atoms with Crippen LogP contribution in [0.1, 0.15) is 12.6 Å². The van der Waals surface area contributed by atoms with E-state index in [0.717, 1.165) is 36.9 Å². The maximum atomic E-state index is 5.91. The van der Waals surface area contributed by atoms with Crippen molar-refractivity contribution in [3.05, 3.63) is 48.7 Å². The van der Waals surface area contributed by atoms with Crippen LogP contribution in [-0.2, 0) is 19.6 Å². The number of halogens is 2. The maximum Gasteiger partial charge on any atom is 0.160 e. The van der Waals surface area contributed by atoms with Crippen LogP contribution >= 0.6 is 24.8 Å². The van der Waals surface area contributed by atoms with Crippen LogP contribution in [0.4, 0.5) is 0 Å². The van der Waals surface area contributed by atoms with Crippen molar-refractivity contribution in [2.45, 2.75) is 32.7 Å². The number of fused-ring (bicyclic) bond motifs is 1. The number of ether oxygens (including phenoxy) is 1. The van der Waals surface area contributed by atoms with Crippen molar-refractivity contribution in [1.82, 2.24) is 29.6 Å². The molecule has 4 heterocycles. The van der Waals surface area contributed by atoms with Crippen molar-refractivity contribution in [2.75, 3.05) is 6.54 Å². The van der Waals surface area contributed by atoms with E-state index in [2.05, 4.69) is 35.7 Å². The number of aromatic nitrogens is 5. The zero-order chi connectivity index (χ0) is 16.4. The summed E-state index contributed by atoms with van der Waals surface area (Å²) in [4.78, 5) is 8.56. The second kappa shape index (κ2) is 9.02. The number of imidazole rings is 1. The molecular weight excluding hydrogens is 375 g/mol. The molecule has 1 atom stereocenters. The highest BCUT2D eigenvalue weighted by Gasteiger charge is 2.17. The fourth-order valence-corrected chi connectivity index (χ4v) is 2.96. The van der Waals surface area contributed by atoms with Crippen LogP contribution in [0.15, 0.2) is 43.0 Å². The minimum atomic E-state index is 0. The van der Waals surface area contributed by atoms with Gasteiger partial charge in [-0.2, -0.15) is 5.10 Å². The van der Waals surface area contributed by atoms with Gasteiger partial charge in [-0.05, 0) is 25.1 Å². The Kier molecular flexibility index (Phi) is 7.02. The van der Waals surface area contributed by atoms with Crippen LogP contribution in [0.5, 0.6) is 5.75 Å². The molecule has 1 unspecified atom stereocenters. The van der Waals surface area contributed by atoms with Crippen molar-refractivity contribution < 1.29 is 4.74 Å². The summed E-state index contributed by atoms with van der Waals surface area (Å²) in [6.07, 6.45) is 7.24. The van der Waals surface area contributed by atoms with Gasteiger partial charge in [-0.15, -0.1) is 24.8 Å². The summed E-state index contributed by atoms with van der Waals surface area (Å²) >= 11 is 0. The van der Waals surface area contributed by atoms with E-state index in [1.165, 1.54) is 5.69 Å². The molecule has 140 valence electrons. The lowest BCUT2D eigenvalue weighted by Crippen LogP contribution is -2.28.